The van der Waals surface area contributed by atoms with Crippen LogP contribution in [0.25, 0.3) is 0 Å². The van der Waals surface area contributed by atoms with Crippen LogP contribution in [0.5, 0.6) is 11.5 Å². The van der Waals surface area contributed by atoms with Crippen LogP contribution in [0.15, 0.2) is 42.5 Å². The average molecular weight is 413 g/mol. The van der Waals surface area contributed by atoms with Crippen molar-refractivity contribution in [2.75, 3.05) is 20.2 Å². The fourth-order valence-corrected chi connectivity index (χ4v) is 2.45. The van der Waals surface area contributed by atoms with Crippen molar-refractivity contribution in [3.05, 3.63) is 58.6 Å². The minimum Gasteiger partial charge on any atom is -0.493 e. The van der Waals surface area contributed by atoms with Crippen LogP contribution in [0.3, 0.4) is 0 Å². The van der Waals surface area contributed by atoms with Gasteiger partial charge in [-0.2, -0.15) is 8.78 Å². The summed E-state index contributed by atoms with van der Waals surface area (Å²) in [5.41, 5.74) is 1.17. The quantitative estimate of drug-likeness (QED) is 0.663. The monoisotopic (exact) mass is 412 g/mol. The molecule has 0 saturated heterocycles. The molecule has 0 aliphatic rings. The smallest absolute Gasteiger partial charge is 0.387 e. The number of benzene rings is 2. The van der Waals surface area contributed by atoms with E-state index >= 15 is 0 Å². The molecule has 0 fully saturated rings. The third-order valence-corrected chi connectivity index (χ3v) is 3.95. The number of amides is 2. The number of halogens is 3. The van der Waals surface area contributed by atoms with Gasteiger partial charge in [0.2, 0.25) is 5.91 Å². The standard InChI is InChI=1S/C19H19ClF2N2O4/c1-27-16-10-13(4-7-15(16)28-19(21)22)18(26)24-11-17(25)23-9-8-12-2-5-14(20)6-3-12/h2-7,10,19H,8-9,11H2,1H3,(H,23,25)(H,24,26). The summed E-state index contributed by atoms with van der Waals surface area (Å²) in [5.74, 6) is -1.10. The molecule has 0 aliphatic heterocycles. The molecule has 0 aliphatic carbocycles. The molecule has 2 N–H and O–H groups in total. The summed E-state index contributed by atoms with van der Waals surface area (Å²) in [6.07, 6.45) is 0.625. The molecule has 9 heteroatoms. The lowest BCUT2D eigenvalue weighted by atomic mass is 10.1. The number of nitrogens with one attached hydrogen (secondary N) is 2. The van der Waals surface area contributed by atoms with Crippen LogP contribution in [-0.2, 0) is 11.2 Å². The Morgan fingerprint density at radius 1 is 1.07 bits per heavy atom. The van der Waals surface area contributed by atoms with E-state index in [4.69, 9.17) is 16.3 Å². The van der Waals surface area contributed by atoms with Crippen molar-refractivity contribution in [1.29, 1.82) is 0 Å². The molecule has 2 aromatic carbocycles. The fourth-order valence-electron chi connectivity index (χ4n) is 2.32. The van der Waals surface area contributed by atoms with Crippen molar-refractivity contribution in [2.45, 2.75) is 13.0 Å². The van der Waals surface area contributed by atoms with E-state index in [2.05, 4.69) is 15.4 Å². The van der Waals surface area contributed by atoms with Gasteiger partial charge in [-0.15, -0.1) is 0 Å². The van der Waals surface area contributed by atoms with E-state index in [9.17, 15) is 18.4 Å². The Kier molecular flexibility index (Phi) is 8.01. The highest BCUT2D eigenvalue weighted by atomic mass is 35.5. The van der Waals surface area contributed by atoms with Gasteiger partial charge in [0.25, 0.3) is 5.91 Å². The zero-order valence-corrected chi connectivity index (χ0v) is 15.8. The first-order valence-corrected chi connectivity index (χ1v) is 8.69. The van der Waals surface area contributed by atoms with Gasteiger partial charge in [-0.1, -0.05) is 23.7 Å². The van der Waals surface area contributed by atoms with Crippen LogP contribution < -0.4 is 20.1 Å². The summed E-state index contributed by atoms with van der Waals surface area (Å²) in [6, 6.07) is 11.0. The number of rotatable bonds is 9. The van der Waals surface area contributed by atoms with Crippen molar-refractivity contribution in [2.24, 2.45) is 0 Å². The summed E-state index contributed by atoms with van der Waals surface area (Å²) >= 11 is 5.81. The second-order valence-electron chi connectivity index (χ2n) is 5.65. The minimum absolute atomic E-state index is 0.0135. The fraction of sp³-hybridized carbons (Fsp3) is 0.263. The van der Waals surface area contributed by atoms with Gasteiger partial charge in [-0.3, -0.25) is 9.59 Å². The van der Waals surface area contributed by atoms with Gasteiger partial charge in [-0.05, 0) is 42.3 Å². The van der Waals surface area contributed by atoms with Crippen molar-refractivity contribution in [3.8, 4) is 11.5 Å². The van der Waals surface area contributed by atoms with Crippen LogP contribution in [0.1, 0.15) is 15.9 Å². The van der Waals surface area contributed by atoms with Crippen LogP contribution in [0, 0.1) is 0 Å². The molecule has 2 amide bonds. The summed E-state index contributed by atoms with van der Waals surface area (Å²) in [6.45, 7) is -2.83. The van der Waals surface area contributed by atoms with Crippen LogP contribution in [-0.4, -0.2) is 38.6 Å². The SMILES string of the molecule is COc1cc(C(=O)NCC(=O)NCCc2ccc(Cl)cc2)ccc1OC(F)F. The maximum Gasteiger partial charge on any atom is 0.387 e. The Hall–Kier alpha value is -2.87. The molecule has 2 aromatic rings. The summed E-state index contributed by atoms with van der Waals surface area (Å²) < 4.78 is 33.9. The Morgan fingerprint density at radius 3 is 2.43 bits per heavy atom. The second kappa shape index (κ2) is 10.5. The first-order chi connectivity index (χ1) is 13.4. The molecule has 0 unspecified atom stereocenters. The van der Waals surface area contributed by atoms with Gasteiger partial charge >= 0.3 is 6.61 Å². The predicted octanol–water partition coefficient (Wildman–Crippen LogP) is 3.04. The van der Waals surface area contributed by atoms with E-state index in [-0.39, 0.29) is 29.5 Å². The maximum atomic E-state index is 12.3. The Labute approximate surface area is 165 Å². The molecule has 0 spiro atoms. The topological polar surface area (TPSA) is 76.7 Å². The Bertz CT molecular complexity index is 816. The van der Waals surface area contributed by atoms with Crippen LogP contribution in [0.2, 0.25) is 5.02 Å². The molecule has 150 valence electrons. The number of ether oxygens (including phenoxy) is 2. The molecular weight excluding hydrogens is 394 g/mol. The van der Waals surface area contributed by atoms with Gasteiger partial charge < -0.3 is 20.1 Å². The van der Waals surface area contributed by atoms with Gasteiger partial charge in [-0.25, -0.2) is 0 Å². The van der Waals surface area contributed by atoms with Crippen molar-refractivity contribution in [1.82, 2.24) is 10.6 Å². The van der Waals surface area contributed by atoms with Crippen molar-refractivity contribution < 1.29 is 27.8 Å². The van der Waals surface area contributed by atoms with Gasteiger partial charge in [0, 0.05) is 17.1 Å². The summed E-state index contributed by atoms with van der Waals surface area (Å²) in [4.78, 5) is 24.0. The lowest BCUT2D eigenvalue weighted by Crippen LogP contribution is -2.37. The normalized spacial score (nSPS) is 10.5. The van der Waals surface area contributed by atoms with Crippen LogP contribution in [0.4, 0.5) is 8.78 Å². The lowest BCUT2D eigenvalue weighted by Gasteiger charge is -2.11. The van der Waals surface area contributed by atoms with Gasteiger partial charge in [0.05, 0.1) is 13.7 Å². The van der Waals surface area contributed by atoms with Crippen molar-refractivity contribution >= 4 is 23.4 Å². The minimum atomic E-state index is -3.01. The first kappa shape index (κ1) is 21.4. The molecule has 0 atom stereocenters. The highest BCUT2D eigenvalue weighted by Crippen LogP contribution is 2.29. The molecule has 0 bridgehead atoms. The predicted molar refractivity (Wildman–Crippen MR) is 100 cm³/mol. The lowest BCUT2D eigenvalue weighted by molar-refractivity contribution is -0.120. The first-order valence-electron chi connectivity index (χ1n) is 8.31. The summed E-state index contributed by atoms with van der Waals surface area (Å²) in [7, 11) is 1.27. The van der Waals surface area contributed by atoms with Crippen LogP contribution >= 0.6 is 11.6 Å². The van der Waals surface area contributed by atoms with Gasteiger partial charge in [0.1, 0.15) is 0 Å². The molecule has 6 nitrogen and oxygen atoms in total. The van der Waals surface area contributed by atoms with E-state index < -0.39 is 12.5 Å². The van der Waals surface area contributed by atoms with E-state index in [0.717, 1.165) is 5.56 Å². The highest BCUT2D eigenvalue weighted by molar-refractivity contribution is 6.30. The number of hydrogen-bond acceptors (Lipinski definition) is 4. The zero-order chi connectivity index (χ0) is 20.5. The largest absolute Gasteiger partial charge is 0.493 e. The van der Waals surface area contributed by atoms with E-state index in [1.807, 2.05) is 12.1 Å². The summed E-state index contributed by atoms with van der Waals surface area (Å²) in [5, 5.41) is 5.78. The second-order valence-corrected chi connectivity index (χ2v) is 6.09. The molecule has 0 saturated carbocycles. The zero-order valence-electron chi connectivity index (χ0n) is 15.0. The number of alkyl halides is 2. The number of carbonyl (C=O) groups is 2. The molecule has 0 heterocycles. The van der Waals surface area contributed by atoms with Gasteiger partial charge in [0.15, 0.2) is 11.5 Å². The van der Waals surface area contributed by atoms with E-state index in [1.54, 1.807) is 12.1 Å². The van der Waals surface area contributed by atoms with E-state index in [1.165, 1.54) is 25.3 Å². The molecule has 28 heavy (non-hydrogen) atoms. The average Bonchev–Trinajstić information content (AvgIpc) is 2.67. The Morgan fingerprint density at radius 2 is 1.79 bits per heavy atom. The number of hydrogen-bond donors (Lipinski definition) is 2. The van der Waals surface area contributed by atoms with E-state index in [0.29, 0.717) is 18.0 Å². The molecule has 2 rings (SSSR count). The number of carbonyl (C=O) groups excluding carboxylic acids is 2. The van der Waals surface area contributed by atoms with Crippen molar-refractivity contribution in [3.63, 3.8) is 0 Å². The maximum absolute atomic E-state index is 12.3. The Balaban J connectivity index is 1.80. The number of methoxy groups -OCH3 is 1. The third kappa shape index (κ3) is 6.70. The third-order valence-electron chi connectivity index (χ3n) is 3.70. The molecular formula is C19H19ClF2N2O4. The molecule has 0 aromatic heterocycles. The molecule has 0 radical (unpaired) electrons. The highest BCUT2D eigenvalue weighted by Gasteiger charge is 2.14.